The lowest BCUT2D eigenvalue weighted by Crippen LogP contribution is -2.31. The Morgan fingerprint density at radius 1 is 1.03 bits per heavy atom. The molecule has 0 fully saturated rings. The summed E-state index contributed by atoms with van der Waals surface area (Å²) in [5, 5.41) is 24.5. The maximum atomic E-state index is 6.41. The molecule has 6 nitrogen and oxygen atoms in total. The number of nitrogens with one attached hydrogen (secondary N) is 2. The van der Waals surface area contributed by atoms with Gasteiger partial charge in [0.1, 0.15) is 5.01 Å². The van der Waals surface area contributed by atoms with Crippen molar-refractivity contribution >= 4 is 38.1 Å². The van der Waals surface area contributed by atoms with Crippen LogP contribution in [0.4, 0.5) is 5.13 Å². The van der Waals surface area contributed by atoms with E-state index < -0.39 is 0 Å². The molecular formula is C23H22N6S. The van der Waals surface area contributed by atoms with Crippen LogP contribution in [0.15, 0.2) is 60.7 Å². The van der Waals surface area contributed by atoms with Gasteiger partial charge < -0.3 is 11.1 Å². The number of aromatic nitrogens is 4. The summed E-state index contributed by atoms with van der Waals surface area (Å²) in [7, 11) is 0. The fourth-order valence-electron chi connectivity index (χ4n) is 3.73. The van der Waals surface area contributed by atoms with Gasteiger partial charge in [0.15, 0.2) is 0 Å². The van der Waals surface area contributed by atoms with Gasteiger partial charge in [0.05, 0.1) is 11.2 Å². The van der Waals surface area contributed by atoms with Crippen molar-refractivity contribution in [3.63, 3.8) is 0 Å². The Morgan fingerprint density at radius 2 is 1.90 bits per heavy atom. The van der Waals surface area contributed by atoms with E-state index in [1.165, 1.54) is 27.7 Å². The third-order valence-electron chi connectivity index (χ3n) is 5.30. The van der Waals surface area contributed by atoms with E-state index >= 15 is 0 Å². The molecule has 1 atom stereocenters. The molecule has 0 radical (unpaired) electrons. The molecule has 3 aromatic carbocycles. The first kappa shape index (κ1) is 18.7. The molecule has 5 aromatic rings. The quantitative estimate of drug-likeness (QED) is 0.380. The third kappa shape index (κ3) is 3.65. The molecule has 2 aromatic heterocycles. The number of nitrogens with two attached hydrogens (primary N) is 1. The summed E-state index contributed by atoms with van der Waals surface area (Å²) in [6, 6.07) is 20.9. The molecule has 30 heavy (non-hydrogen) atoms. The lowest BCUT2D eigenvalue weighted by Gasteiger charge is -2.13. The molecule has 0 saturated heterocycles. The lowest BCUT2D eigenvalue weighted by molar-refractivity contribution is 0.701. The highest BCUT2D eigenvalue weighted by molar-refractivity contribution is 7.18. The van der Waals surface area contributed by atoms with Crippen LogP contribution in [-0.4, -0.2) is 33.0 Å². The second-order valence-electron chi connectivity index (χ2n) is 7.47. The number of nitrogens with zero attached hydrogens (tertiary/aromatic N) is 3. The number of aromatic amines is 1. The molecule has 7 heteroatoms. The van der Waals surface area contributed by atoms with E-state index in [0.29, 0.717) is 6.54 Å². The molecule has 0 aliphatic rings. The number of rotatable bonds is 6. The van der Waals surface area contributed by atoms with Crippen LogP contribution in [0.1, 0.15) is 11.3 Å². The minimum Gasteiger partial charge on any atom is -0.359 e. The monoisotopic (exact) mass is 414 g/mol. The third-order valence-corrected chi connectivity index (χ3v) is 6.23. The van der Waals surface area contributed by atoms with E-state index in [1.807, 2.05) is 19.1 Å². The van der Waals surface area contributed by atoms with E-state index in [1.54, 1.807) is 0 Å². The minimum absolute atomic E-state index is 0.0203. The van der Waals surface area contributed by atoms with Crippen LogP contribution in [0.2, 0.25) is 0 Å². The van der Waals surface area contributed by atoms with E-state index in [2.05, 4.69) is 74.2 Å². The van der Waals surface area contributed by atoms with E-state index in [-0.39, 0.29) is 6.04 Å². The molecule has 0 aliphatic heterocycles. The zero-order valence-corrected chi connectivity index (χ0v) is 17.4. The lowest BCUT2D eigenvalue weighted by atomic mass is 9.99. The molecular weight excluding hydrogens is 392 g/mol. The number of anilines is 1. The van der Waals surface area contributed by atoms with Crippen molar-refractivity contribution in [1.29, 1.82) is 0 Å². The zero-order chi connectivity index (χ0) is 20.5. The molecule has 1 unspecified atom stereocenters. The normalized spacial score (nSPS) is 12.5. The molecule has 0 amide bonds. The standard InChI is InChI=1S/C23H22N6S/c1-14-20-12-17(9-10-21(20)27-26-14)22-28-29-23(30-22)25-13-18(24)11-16-7-4-6-15-5-2-3-8-19(15)16/h2-10,12,18H,11,13,24H2,1H3,(H,25,29)(H,26,27). The molecule has 150 valence electrons. The summed E-state index contributed by atoms with van der Waals surface area (Å²) in [6.45, 7) is 2.63. The summed E-state index contributed by atoms with van der Waals surface area (Å²) in [5.41, 5.74) is 10.7. The maximum Gasteiger partial charge on any atom is 0.206 e. The van der Waals surface area contributed by atoms with Crippen molar-refractivity contribution in [3.8, 4) is 10.6 Å². The Kier molecular flexibility index (Phi) is 4.90. The van der Waals surface area contributed by atoms with Gasteiger partial charge in [0, 0.05) is 23.5 Å². The smallest absolute Gasteiger partial charge is 0.206 e. The topological polar surface area (TPSA) is 92.5 Å². The van der Waals surface area contributed by atoms with Crippen LogP contribution in [0.3, 0.4) is 0 Å². The van der Waals surface area contributed by atoms with Gasteiger partial charge in [-0.15, -0.1) is 10.2 Å². The van der Waals surface area contributed by atoms with Gasteiger partial charge in [-0.2, -0.15) is 5.10 Å². The number of hydrogen-bond donors (Lipinski definition) is 3. The SMILES string of the molecule is Cc1n[nH]c2ccc(-c3nnc(NCC(N)Cc4cccc5ccccc45)s3)cc12. The van der Waals surface area contributed by atoms with Crippen LogP contribution in [0.5, 0.6) is 0 Å². The number of H-pyrrole nitrogens is 1. The fourth-order valence-corrected chi connectivity index (χ4v) is 4.48. The Bertz CT molecular complexity index is 1320. The van der Waals surface area contributed by atoms with Gasteiger partial charge in [-0.1, -0.05) is 53.8 Å². The number of fused-ring (bicyclic) bond motifs is 2. The van der Waals surface area contributed by atoms with Gasteiger partial charge in [-0.3, -0.25) is 5.10 Å². The van der Waals surface area contributed by atoms with E-state index in [0.717, 1.165) is 38.7 Å². The van der Waals surface area contributed by atoms with Crippen molar-refractivity contribution < 1.29 is 0 Å². The Hall–Kier alpha value is -3.29. The molecule has 4 N–H and O–H groups in total. The first-order valence-corrected chi connectivity index (χ1v) is 10.7. The first-order chi connectivity index (χ1) is 14.7. The maximum absolute atomic E-state index is 6.41. The highest BCUT2D eigenvalue weighted by atomic mass is 32.1. The van der Waals surface area contributed by atoms with Crippen molar-refractivity contribution in [2.45, 2.75) is 19.4 Å². The summed E-state index contributed by atoms with van der Waals surface area (Å²) in [4.78, 5) is 0. The number of benzene rings is 3. The van der Waals surface area contributed by atoms with E-state index in [4.69, 9.17) is 5.73 Å². The average molecular weight is 415 g/mol. The van der Waals surface area contributed by atoms with Gasteiger partial charge in [-0.05, 0) is 47.9 Å². The second-order valence-corrected chi connectivity index (χ2v) is 8.44. The van der Waals surface area contributed by atoms with Crippen LogP contribution < -0.4 is 11.1 Å². The van der Waals surface area contributed by atoms with Crippen molar-refractivity contribution in [3.05, 3.63) is 71.9 Å². The molecule has 2 heterocycles. The Balaban J connectivity index is 1.26. The molecule has 5 rings (SSSR count). The summed E-state index contributed by atoms with van der Waals surface area (Å²) in [6.07, 6.45) is 0.802. The Morgan fingerprint density at radius 3 is 2.83 bits per heavy atom. The van der Waals surface area contributed by atoms with Crippen molar-refractivity contribution in [2.24, 2.45) is 5.73 Å². The van der Waals surface area contributed by atoms with Crippen LogP contribution in [0.25, 0.3) is 32.2 Å². The average Bonchev–Trinajstić information content (AvgIpc) is 3.39. The molecule has 0 saturated carbocycles. The Labute approximate surface area is 178 Å². The minimum atomic E-state index is -0.0203. The van der Waals surface area contributed by atoms with Crippen LogP contribution in [-0.2, 0) is 6.42 Å². The zero-order valence-electron chi connectivity index (χ0n) is 16.6. The van der Waals surface area contributed by atoms with Gasteiger partial charge in [0.2, 0.25) is 5.13 Å². The van der Waals surface area contributed by atoms with Crippen molar-refractivity contribution in [2.75, 3.05) is 11.9 Å². The summed E-state index contributed by atoms with van der Waals surface area (Å²) >= 11 is 1.53. The number of hydrogen-bond acceptors (Lipinski definition) is 6. The van der Waals surface area contributed by atoms with E-state index in [9.17, 15) is 0 Å². The molecule has 0 aliphatic carbocycles. The van der Waals surface area contributed by atoms with Crippen LogP contribution in [0, 0.1) is 6.92 Å². The predicted octanol–water partition coefficient (Wildman–Crippen LogP) is 4.52. The highest BCUT2D eigenvalue weighted by Gasteiger charge is 2.11. The van der Waals surface area contributed by atoms with Crippen molar-refractivity contribution in [1.82, 2.24) is 20.4 Å². The summed E-state index contributed by atoms with van der Waals surface area (Å²) < 4.78 is 0. The van der Waals surface area contributed by atoms with Gasteiger partial charge in [-0.25, -0.2) is 0 Å². The molecule has 0 bridgehead atoms. The predicted molar refractivity (Wildman–Crippen MR) is 124 cm³/mol. The first-order valence-electron chi connectivity index (χ1n) is 9.92. The second kappa shape index (κ2) is 7.85. The van der Waals surface area contributed by atoms with Gasteiger partial charge in [0.25, 0.3) is 0 Å². The van der Waals surface area contributed by atoms with Crippen LogP contribution >= 0.6 is 11.3 Å². The summed E-state index contributed by atoms with van der Waals surface area (Å²) in [5.74, 6) is 0. The molecule has 0 spiro atoms. The fraction of sp³-hybridized carbons (Fsp3) is 0.174. The van der Waals surface area contributed by atoms with Gasteiger partial charge >= 0.3 is 0 Å². The number of aryl methyl sites for hydroxylation is 1. The largest absolute Gasteiger partial charge is 0.359 e. The highest BCUT2D eigenvalue weighted by Crippen LogP contribution is 2.29.